The van der Waals surface area contributed by atoms with E-state index in [1.54, 1.807) is 6.92 Å². The number of Topliss-reactive ketones (excluding diaryl/α,β-unsaturated/α-hetero) is 1. The van der Waals surface area contributed by atoms with Gasteiger partial charge in [0.05, 0.1) is 0 Å². The van der Waals surface area contributed by atoms with Gasteiger partial charge in [-0.15, -0.1) is 0 Å². The van der Waals surface area contributed by atoms with Crippen molar-refractivity contribution < 1.29 is 9.22 Å². The molecule has 0 aromatic heterocycles. The molecule has 0 aliphatic heterocycles. The van der Waals surface area contributed by atoms with E-state index < -0.39 is 8.32 Å². The minimum absolute atomic E-state index is 0.0267. The van der Waals surface area contributed by atoms with Crippen LogP contribution in [-0.4, -0.2) is 20.7 Å². The Morgan fingerprint density at radius 3 is 2.25 bits per heavy atom. The summed E-state index contributed by atoms with van der Waals surface area (Å²) in [5.74, 6) is 5.05. The van der Waals surface area contributed by atoms with E-state index in [0.29, 0.717) is 6.61 Å². The van der Waals surface area contributed by atoms with E-state index in [-0.39, 0.29) is 16.7 Å². The van der Waals surface area contributed by atoms with Gasteiger partial charge in [-0.3, -0.25) is 4.79 Å². The van der Waals surface area contributed by atoms with Gasteiger partial charge in [-0.25, -0.2) is 0 Å². The first-order valence-corrected chi connectivity index (χ1v) is 8.63. The SMILES string of the molecule is CC#CC(=O)[C@@H](C)CO[Si](C)(C)C(C)(C)C. The molecule has 2 nitrogen and oxygen atoms in total. The number of hydrogen-bond acceptors (Lipinski definition) is 2. The molecule has 0 heterocycles. The highest BCUT2D eigenvalue weighted by Gasteiger charge is 2.37. The molecule has 1 atom stereocenters. The van der Waals surface area contributed by atoms with E-state index in [2.05, 4.69) is 45.7 Å². The summed E-state index contributed by atoms with van der Waals surface area (Å²) >= 11 is 0. The van der Waals surface area contributed by atoms with Gasteiger partial charge in [0, 0.05) is 12.5 Å². The van der Waals surface area contributed by atoms with Crippen LogP contribution in [0, 0.1) is 17.8 Å². The second kappa shape index (κ2) is 5.65. The first kappa shape index (κ1) is 15.4. The molecule has 0 aromatic rings. The summed E-state index contributed by atoms with van der Waals surface area (Å²) in [6.45, 7) is 15.0. The van der Waals surface area contributed by atoms with Crippen molar-refractivity contribution in [3.63, 3.8) is 0 Å². The second-order valence-corrected chi connectivity index (χ2v) is 10.5. The lowest BCUT2D eigenvalue weighted by molar-refractivity contribution is -0.117. The first-order valence-electron chi connectivity index (χ1n) is 5.72. The third kappa shape index (κ3) is 4.50. The van der Waals surface area contributed by atoms with Gasteiger partial charge in [-0.2, -0.15) is 0 Å². The summed E-state index contributed by atoms with van der Waals surface area (Å²) in [5.41, 5.74) is 0. The van der Waals surface area contributed by atoms with Crippen LogP contribution in [0.2, 0.25) is 18.1 Å². The topological polar surface area (TPSA) is 26.3 Å². The molecule has 0 aliphatic carbocycles. The van der Waals surface area contributed by atoms with E-state index in [1.807, 2.05) is 6.92 Å². The average molecular weight is 240 g/mol. The van der Waals surface area contributed by atoms with Gasteiger partial charge in [0.1, 0.15) is 0 Å². The zero-order valence-electron chi connectivity index (χ0n) is 11.6. The molecular weight excluding hydrogens is 216 g/mol. The maximum Gasteiger partial charge on any atom is 0.210 e. The van der Waals surface area contributed by atoms with Gasteiger partial charge in [0.15, 0.2) is 8.32 Å². The Morgan fingerprint density at radius 1 is 1.38 bits per heavy atom. The largest absolute Gasteiger partial charge is 0.416 e. The molecule has 0 aromatic carbocycles. The van der Waals surface area contributed by atoms with Gasteiger partial charge in [0.2, 0.25) is 5.78 Å². The third-order valence-electron chi connectivity index (χ3n) is 3.20. The highest BCUT2D eigenvalue weighted by atomic mass is 28.4. The highest BCUT2D eigenvalue weighted by molar-refractivity contribution is 6.74. The number of rotatable bonds is 4. The Balaban J connectivity index is 4.34. The average Bonchev–Trinajstić information content (AvgIpc) is 2.12. The number of ketones is 1. The zero-order chi connectivity index (χ0) is 13.0. The molecule has 92 valence electrons. The van der Waals surface area contributed by atoms with Crippen LogP contribution < -0.4 is 0 Å². The predicted octanol–water partition coefficient (Wildman–Crippen LogP) is 3.24. The van der Waals surface area contributed by atoms with Gasteiger partial charge in [0.25, 0.3) is 0 Å². The number of carbonyl (C=O) groups is 1. The van der Waals surface area contributed by atoms with Crippen molar-refractivity contribution in [1.82, 2.24) is 0 Å². The molecule has 0 bridgehead atoms. The summed E-state index contributed by atoms with van der Waals surface area (Å²) < 4.78 is 5.97. The third-order valence-corrected chi connectivity index (χ3v) is 7.70. The molecule has 0 saturated carbocycles. The van der Waals surface area contributed by atoms with Crippen molar-refractivity contribution in [1.29, 1.82) is 0 Å². The minimum atomic E-state index is -1.74. The molecule has 0 fully saturated rings. The van der Waals surface area contributed by atoms with Crippen LogP contribution >= 0.6 is 0 Å². The smallest absolute Gasteiger partial charge is 0.210 e. The van der Waals surface area contributed by atoms with Gasteiger partial charge >= 0.3 is 0 Å². The van der Waals surface area contributed by atoms with E-state index in [1.165, 1.54) is 0 Å². The summed E-state index contributed by atoms with van der Waals surface area (Å²) in [7, 11) is -1.74. The maximum atomic E-state index is 11.5. The molecule has 0 rings (SSSR count). The predicted molar refractivity (Wildman–Crippen MR) is 70.8 cm³/mol. The van der Waals surface area contributed by atoms with E-state index in [4.69, 9.17) is 4.43 Å². The quantitative estimate of drug-likeness (QED) is 0.428. The number of carbonyl (C=O) groups excluding carboxylic acids is 1. The second-order valence-electron chi connectivity index (χ2n) is 5.71. The van der Waals surface area contributed by atoms with Gasteiger partial charge in [-0.05, 0) is 31.0 Å². The Hall–Kier alpha value is -0.593. The molecule has 0 unspecified atom stereocenters. The molecule has 0 aliphatic rings. The van der Waals surface area contributed by atoms with Crippen molar-refractivity contribution in [3.05, 3.63) is 0 Å². The van der Waals surface area contributed by atoms with Crippen LogP contribution in [0.5, 0.6) is 0 Å². The maximum absolute atomic E-state index is 11.5. The lowest BCUT2D eigenvalue weighted by Gasteiger charge is -2.36. The van der Waals surface area contributed by atoms with Crippen molar-refractivity contribution >= 4 is 14.1 Å². The summed E-state index contributed by atoms with van der Waals surface area (Å²) in [6.07, 6.45) is 0. The molecule has 0 saturated heterocycles. The van der Waals surface area contributed by atoms with Crippen molar-refractivity contribution in [2.24, 2.45) is 5.92 Å². The summed E-state index contributed by atoms with van der Waals surface area (Å²) in [5, 5.41) is 0.187. The zero-order valence-corrected chi connectivity index (χ0v) is 12.6. The molecule has 0 radical (unpaired) electrons. The van der Waals surface area contributed by atoms with Crippen LogP contribution in [-0.2, 0) is 9.22 Å². The van der Waals surface area contributed by atoms with Gasteiger partial charge < -0.3 is 4.43 Å². The van der Waals surface area contributed by atoms with Crippen LogP contribution in [0.15, 0.2) is 0 Å². The Labute approximate surface area is 101 Å². The highest BCUT2D eigenvalue weighted by Crippen LogP contribution is 2.36. The Kier molecular flexibility index (Phi) is 5.44. The van der Waals surface area contributed by atoms with Crippen molar-refractivity contribution in [3.8, 4) is 11.8 Å². The lowest BCUT2D eigenvalue weighted by atomic mass is 10.1. The lowest BCUT2D eigenvalue weighted by Crippen LogP contribution is -2.42. The normalized spacial score (nSPS) is 13.9. The summed E-state index contributed by atoms with van der Waals surface area (Å²) in [4.78, 5) is 11.5. The van der Waals surface area contributed by atoms with Crippen LogP contribution in [0.25, 0.3) is 0 Å². The van der Waals surface area contributed by atoms with E-state index in [0.717, 1.165) is 0 Å². The Bertz CT molecular complexity index is 302. The summed E-state index contributed by atoms with van der Waals surface area (Å²) in [6, 6.07) is 0. The molecule has 0 spiro atoms. The van der Waals surface area contributed by atoms with Crippen LogP contribution in [0.3, 0.4) is 0 Å². The van der Waals surface area contributed by atoms with E-state index >= 15 is 0 Å². The van der Waals surface area contributed by atoms with Crippen molar-refractivity contribution in [2.75, 3.05) is 6.61 Å². The van der Waals surface area contributed by atoms with Crippen molar-refractivity contribution in [2.45, 2.75) is 52.8 Å². The molecule has 16 heavy (non-hydrogen) atoms. The van der Waals surface area contributed by atoms with Crippen LogP contribution in [0.4, 0.5) is 0 Å². The monoisotopic (exact) mass is 240 g/mol. The van der Waals surface area contributed by atoms with Gasteiger partial charge in [-0.1, -0.05) is 33.6 Å². The standard InChI is InChI=1S/C13H24O2Si/c1-8-9-12(14)11(2)10-15-16(6,7)13(3,4)5/h11H,10H2,1-7H3/t11-/m0/s1. The Morgan fingerprint density at radius 2 is 1.88 bits per heavy atom. The molecule has 3 heteroatoms. The first-order chi connectivity index (χ1) is 7.12. The minimum Gasteiger partial charge on any atom is -0.416 e. The van der Waals surface area contributed by atoms with E-state index in [9.17, 15) is 4.79 Å². The molecular formula is C13H24O2Si. The molecule has 0 N–H and O–H groups in total. The molecule has 0 amide bonds. The fourth-order valence-corrected chi connectivity index (χ4v) is 1.97. The fourth-order valence-electron chi connectivity index (χ4n) is 0.872. The number of hydrogen-bond donors (Lipinski definition) is 0. The van der Waals surface area contributed by atoms with Crippen LogP contribution in [0.1, 0.15) is 34.6 Å². The fraction of sp³-hybridized carbons (Fsp3) is 0.769.